The van der Waals surface area contributed by atoms with Gasteiger partial charge in [-0.2, -0.15) is 10.2 Å². The van der Waals surface area contributed by atoms with E-state index in [9.17, 15) is 0 Å². The van der Waals surface area contributed by atoms with E-state index in [1.165, 1.54) is 98.5 Å². The molecule has 0 spiro atoms. The minimum Gasteiger partial charge on any atom is -0.494 e. The number of nitrogens with two attached hydrogens (primary N) is 1. The SMILES string of the molecule is CC(=N\N=C/C1CCC1)/C1=C\CC(C)\C=C/C(C2CCC2)=C\1.CCCC(=C1CCC1)c1ccc(OCCCN)cc1.Cc1cccc(C)c1. The first-order valence-electron chi connectivity index (χ1n) is 19.2. The smallest absolute Gasteiger partial charge is 0.119 e. The van der Waals surface area contributed by atoms with Gasteiger partial charge in [0.15, 0.2) is 0 Å². The van der Waals surface area contributed by atoms with E-state index in [1.54, 1.807) is 11.1 Å². The Morgan fingerprint density at radius 3 is 2.20 bits per heavy atom. The molecule has 3 fully saturated rings. The van der Waals surface area contributed by atoms with Crippen LogP contribution in [0.4, 0.5) is 0 Å². The van der Waals surface area contributed by atoms with E-state index >= 15 is 0 Å². The number of aryl methyl sites for hydroxylation is 2. The Bertz CT molecular complexity index is 1460. The molecule has 6 rings (SSSR count). The highest BCUT2D eigenvalue weighted by atomic mass is 16.5. The van der Waals surface area contributed by atoms with Crippen LogP contribution in [0.25, 0.3) is 5.57 Å². The Balaban J connectivity index is 0.000000182. The van der Waals surface area contributed by atoms with Crippen LogP contribution in [-0.4, -0.2) is 25.1 Å². The van der Waals surface area contributed by atoms with E-state index in [2.05, 4.69) is 118 Å². The maximum Gasteiger partial charge on any atom is 0.119 e. The van der Waals surface area contributed by atoms with Crippen molar-refractivity contribution in [2.45, 2.75) is 118 Å². The molecule has 2 aromatic rings. The van der Waals surface area contributed by atoms with Crippen molar-refractivity contribution in [2.24, 2.45) is 33.7 Å². The van der Waals surface area contributed by atoms with E-state index in [0.717, 1.165) is 30.2 Å². The third-order valence-electron chi connectivity index (χ3n) is 10.2. The Labute approximate surface area is 298 Å². The second-order valence-corrected chi connectivity index (χ2v) is 14.5. The fourth-order valence-electron chi connectivity index (χ4n) is 6.33. The highest BCUT2D eigenvalue weighted by molar-refractivity contribution is 6.01. The topological polar surface area (TPSA) is 60.0 Å². The van der Waals surface area contributed by atoms with Gasteiger partial charge in [0.25, 0.3) is 0 Å². The van der Waals surface area contributed by atoms with Crippen LogP contribution in [0.15, 0.2) is 99.8 Å². The second kappa shape index (κ2) is 20.9. The maximum atomic E-state index is 5.65. The van der Waals surface area contributed by atoms with Crippen LogP contribution in [-0.2, 0) is 0 Å². The van der Waals surface area contributed by atoms with Crippen LogP contribution in [0.5, 0.6) is 5.75 Å². The van der Waals surface area contributed by atoms with E-state index in [4.69, 9.17) is 10.5 Å². The van der Waals surface area contributed by atoms with Gasteiger partial charge in [0.2, 0.25) is 0 Å². The van der Waals surface area contributed by atoms with E-state index in [-0.39, 0.29) is 0 Å². The Morgan fingerprint density at radius 1 is 0.959 bits per heavy atom. The summed E-state index contributed by atoms with van der Waals surface area (Å²) in [5, 5.41) is 8.77. The molecule has 0 radical (unpaired) electrons. The van der Waals surface area contributed by atoms with Crippen molar-refractivity contribution in [3.8, 4) is 5.75 Å². The van der Waals surface area contributed by atoms with Gasteiger partial charge in [-0.25, -0.2) is 0 Å². The molecule has 0 heterocycles. The molecule has 4 heteroatoms. The van der Waals surface area contributed by atoms with Crippen molar-refractivity contribution in [1.82, 2.24) is 0 Å². The van der Waals surface area contributed by atoms with Gasteiger partial charge in [-0.1, -0.05) is 104 Å². The van der Waals surface area contributed by atoms with Crippen molar-refractivity contribution in [1.29, 1.82) is 0 Å². The summed E-state index contributed by atoms with van der Waals surface area (Å²) in [4.78, 5) is 0. The zero-order valence-electron chi connectivity index (χ0n) is 31.2. The van der Waals surface area contributed by atoms with E-state index in [1.807, 2.05) is 6.21 Å². The van der Waals surface area contributed by atoms with Crippen LogP contribution >= 0.6 is 0 Å². The summed E-state index contributed by atoms with van der Waals surface area (Å²) < 4.78 is 5.65. The van der Waals surface area contributed by atoms with Gasteiger partial charge in [0.05, 0.1) is 12.3 Å². The van der Waals surface area contributed by atoms with E-state index in [0.29, 0.717) is 25.0 Å². The molecule has 4 aliphatic rings. The Hall–Kier alpha value is -3.50. The van der Waals surface area contributed by atoms with Gasteiger partial charge in [0, 0.05) is 6.21 Å². The molecule has 2 N–H and O–H groups in total. The first-order chi connectivity index (χ1) is 23.9. The minimum absolute atomic E-state index is 0.602. The molecule has 0 aromatic heterocycles. The lowest BCUT2D eigenvalue weighted by Gasteiger charge is -2.28. The van der Waals surface area contributed by atoms with Crippen LogP contribution in [0.3, 0.4) is 0 Å². The van der Waals surface area contributed by atoms with E-state index < -0.39 is 0 Å². The lowest BCUT2D eigenvalue weighted by atomic mass is 9.78. The van der Waals surface area contributed by atoms with Gasteiger partial charge in [-0.05, 0) is 150 Å². The Morgan fingerprint density at radius 2 is 1.67 bits per heavy atom. The molecule has 1 unspecified atom stereocenters. The molecule has 3 saturated carbocycles. The number of hydrogen-bond donors (Lipinski definition) is 1. The average Bonchev–Trinajstić information content (AvgIpc) is 3.01. The lowest BCUT2D eigenvalue weighted by Crippen LogP contribution is -2.14. The first-order valence-corrected chi connectivity index (χ1v) is 19.2. The summed E-state index contributed by atoms with van der Waals surface area (Å²) in [6.07, 6.45) is 27.8. The molecule has 4 nitrogen and oxygen atoms in total. The zero-order valence-corrected chi connectivity index (χ0v) is 31.2. The van der Waals surface area contributed by atoms with Crippen LogP contribution < -0.4 is 10.5 Å². The summed E-state index contributed by atoms with van der Waals surface area (Å²) in [5.74, 6) is 2.99. The van der Waals surface area contributed by atoms with Crippen molar-refractivity contribution in [3.05, 3.63) is 106 Å². The van der Waals surface area contributed by atoms with Crippen molar-refractivity contribution < 1.29 is 4.74 Å². The van der Waals surface area contributed by atoms with Gasteiger partial charge < -0.3 is 10.5 Å². The number of ether oxygens (including phenoxy) is 1. The predicted octanol–water partition coefficient (Wildman–Crippen LogP) is 11.9. The van der Waals surface area contributed by atoms with Crippen LogP contribution in [0.2, 0.25) is 0 Å². The lowest BCUT2D eigenvalue weighted by molar-refractivity contribution is 0.313. The van der Waals surface area contributed by atoms with Crippen molar-refractivity contribution >= 4 is 17.5 Å². The number of nitrogens with zero attached hydrogens (tertiary/aromatic N) is 2. The molecular weight excluding hydrogens is 599 g/mol. The standard InChI is InChI=1S/C20H28N2.C17H25NO.C8H10/c1-15-9-11-19(13-20(12-10-15)18-7-4-8-18)16(2)22-21-14-17-5-3-6-17;1-2-5-17(14-6-3-7-14)15-8-10-16(11-9-15)19-13-4-12-18;1-7-4-3-5-8(2)6-7/h10-15,17-18H,3-9H2,1-2H3;8-11H,2-7,12-13,18H2,1H3;3-6H,1-2H3/b12-10-,19-11-,20-13+,21-14-,22-16+;;. The van der Waals surface area contributed by atoms with Crippen LogP contribution in [0, 0.1) is 31.6 Å². The molecule has 1 atom stereocenters. The summed E-state index contributed by atoms with van der Waals surface area (Å²) in [7, 11) is 0. The van der Waals surface area contributed by atoms with Gasteiger partial charge >= 0.3 is 0 Å². The highest BCUT2D eigenvalue weighted by Crippen LogP contribution is 2.37. The summed E-state index contributed by atoms with van der Waals surface area (Å²) in [6.45, 7) is 12.2. The normalized spacial score (nSPS) is 22.2. The molecule has 264 valence electrons. The molecule has 4 aliphatic carbocycles. The third kappa shape index (κ3) is 13.0. The van der Waals surface area contributed by atoms with Crippen molar-refractivity contribution in [3.63, 3.8) is 0 Å². The summed E-state index contributed by atoms with van der Waals surface area (Å²) in [6, 6.07) is 17.0. The fourth-order valence-corrected chi connectivity index (χ4v) is 6.33. The predicted molar refractivity (Wildman–Crippen MR) is 213 cm³/mol. The maximum absolute atomic E-state index is 5.65. The number of rotatable bonds is 11. The highest BCUT2D eigenvalue weighted by Gasteiger charge is 2.21. The average molecular weight is 662 g/mol. The monoisotopic (exact) mass is 661 g/mol. The molecule has 0 amide bonds. The zero-order chi connectivity index (χ0) is 34.8. The third-order valence-corrected chi connectivity index (χ3v) is 10.2. The summed E-state index contributed by atoms with van der Waals surface area (Å²) in [5.41, 5.74) is 16.6. The quantitative estimate of drug-likeness (QED) is 0.148. The molecule has 0 aliphatic heterocycles. The van der Waals surface area contributed by atoms with Gasteiger partial charge in [-0.3, -0.25) is 0 Å². The minimum atomic E-state index is 0.602. The van der Waals surface area contributed by atoms with Gasteiger partial charge in [-0.15, -0.1) is 0 Å². The second-order valence-electron chi connectivity index (χ2n) is 14.5. The van der Waals surface area contributed by atoms with Crippen LogP contribution in [0.1, 0.15) is 121 Å². The molecule has 49 heavy (non-hydrogen) atoms. The first kappa shape index (κ1) is 38.3. The van der Waals surface area contributed by atoms with Crippen molar-refractivity contribution in [2.75, 3.05) is 13.2 Å². The summed E-state index contributed by atoms with van der Waals surface area (Å²) >= 11 is 0. The Kier molecular flexibility index (Phi) is 16.3. The molecule has 0 bridgehead atoms. The molecule has 2 aromatic carbocycles. The number of hydrogen-bond acceptors (Lipinski definition) is 4. The fraction of sp³-hybridized carbons (Fsp3) is 0.511. The largest absolute Gasteiger partial charge is 0.494 e. The number of allylic oxidation sites excluding steroid dienone is 8. The number of benzene rings is 2. The van der Waals surface area contributed by atoms with Gasteiger partial charge in [0.1, 0.15) is 5.75 Å². The molecular formula is C45H63N3O. The molecule has 0 saturated heterocycles.